The number of halogens is 1. The molecule has 4 rings (SSSR count). The molecule has 0 spiro atoms. The van der Waals surface area contributed by atoms with Gasteiger partial charge in [0.2, 0.25) is 5.88 Å². The molecule has 27 heavy (non-hydrogen) atoms. The van der Waals surface area contributed by atoms with Crippen molar-refractivity contribution >= 4 is 32.6 Å². The lowest BCUT2D eigenvalue weighted by Gasteiger charge is -2.22. The van der Waals surface area contributed by atoms with Crippen LogP contribution in [0.5, 0.6) is 5.88 Å². The number of aryl methyl sites for hydroxylation is 1. The van der Waals surface area contributed by atoms with Crippen molar-refractivity contribution in [2.24, 2.45) is 7.05 Å². The minimum Gasteiger partial charge on any atom is -0.479 e. The van der Waals surface area contributed by atoms with Crippen molar-refractivity contribution in [2.45, 2.75) is 18.9 Å². The van der Waals surface area contributed by atoms with E-state index in [0.29, 0.717) is 34.1 Å². The van der Waals surface area contributed by atoms with Gasteiger partial charge in [0, 0.05) is 19.9 Å². The summed E-state index contributed by atoms with van der Waals surface area (Å²) in [6, 6.07) is 4.40. The van der Waals surface area contributed by atoms with Gasteiger partial charge < -0.3 is 9.47 Å². The number of ether oxygens (including phenoxy) is 2. The predicted molar refractivity (Wildman–Crippen MR) is 100.0 cm³/mol. The van der Waals surface area contributed by atoms with Crippen LogP contribution >= 0.6 is 11.3 Å². The van der Waals surface area contributed by atoms with Gasteiger partial charge in [-0.25, -0.2) is 9.37 Å². The largest absolute Gasteiger partial charge is 0.479 e. The smallest absolute Gasteiger partial charge is 0.267 e. The number of aromatic nitrogens is 3. The van der Waals surface area contributed by atoms with Gasteiger partial charge in [-0.05, 0) is 31.0 Å². The van der Waals surface area contributed by atoms with Crippen molar-refractivity contribution in [2.75, 3.05) is 25.2 Å². The van der Waals surface area contributed by atoms with E-state index in [9.17, 15) is 9.18 Å². The summed E-state index contributed by atoms with van der Waals surface area (Å²) in [4.78, 5) is 19.4. The highest BCUT2D eigenvalue weighted by Crippen LogP contribution is 2.32. The zero-order valence-electron chi connectivity index (χ0n) is 15.0. The third-order valence-corrected chi connectivity index (χ3v) is 5.49. The van der Waals surface area contributed by atoms with Crippen LogP contribution in [-0.2, 0) is 11.8 Å². The first-order valence-electron chi connectivity index (χ1n) is 8.62. The second kappa shape index (κ2) is 7.24. The summed E-state index contributed by atoms with van der Waals surface area (Å²) in [5.41, 5.74) is 1.00. The van der Waals surface area contributed by atoms with Crippen LogP contribution in [0, 0.1) is 5.82 Å². The Labute approximate surface area is 159 Å². The normalized spacial score (nSPS) is 16.8. The molecule has 1 aliphatic rings. The minimum absolute atomic E-state index is 0.0552. The molecule has 7 nitrogen and oxygen atoms in total. The first kappa shape index (κ1) is 17.9. The molecule has 3 aromatic rings. The number of carbonyl (C=O) groups is 1. The fourth-order valence-electron chi connectivity index (χ4n) is 3.15. The van der Waals surface area contributed by atoms with Crippen LogP contribution in [0.1, 0.15) is 23.2 Å². The van der Waals surface area contributed by atoms with Crippen LogP contribution in [-0.4, -0.2) is 47.0 Å². The van der Waals surface area contributed by atoms with Crippen LogP contribution in [0.25, 0.3) is 10.2 Å². The van der Waals surface area contributed by atoms with Crippen LogP contribution in [0.15, 0.2) is 24.4 Å². The highest BCUT2D eigenvalue weighted by molar-refractivity contribution is 7.22. The van der Waals surface area contributed by atoms with Gasteiger partial charge in [0.1, 0.15) is 11.4 Å². The van der Waals surface area contributed by atoms with E-state index in [1.807, 2.05) is 0 Å². The molecule has 3 heterocycles. The van der Waals surface area contributed by atoms with Crippen molar-refractivity contribution in [3.8, 4) is 5.88 Å². The van der Waals surface area contributed by atoms with Gasteiger partial charge in [-0.3, -0.25) is 14.4 Å². The van der Waals surface area contributed by atoms with Crippen molar-refractivity contribution in [3.63, 3.8) is 0 Å². The molecular weight excluding hydrogens is 371 g/mol. The van der Waals surface area contributed by atoms with E-state index in [0.717, 1.165) is 12.8 Å². The van der Waals surface area contributed by atoms with E-state index in [1.54, 1.807) is 24.2 Å². The number of fused-ring (bicyclic) bond motifs is 1. The lowest BCUT2D eigenvalue weighted by Crippen LogP contribution is -2.37. The third-order valence-electron chi connectivity index (χ3n) is 4.44. The van der Waals surface area contributed by atoms with E-state index < -0.39 is 0 Å². The molecule has 9 heteroatoms. The van der Waals surface area contributed by atoms with Gasteiger partial charge in [-0.1, -0.05) is 11.3 Å². The number of benzene rings is 1. The van der Waals surface area contributed by atoms with Gasteiger partial charge in [-0.15, -0.1) is 5.10 Å². The minimum atomic E-state index is -0.330. The lowest BCUT2D eigenvalue weighted by molar-refractivity contribution is 0.0915. The number of hydrogen-bond donors (Lipinski definition) is 0. The number of rotatable bonds is 5. The summed E-state index contributed by atoms with van der Waals surface area (Å²) in [5, 5.41) is 4.66. The molecule has 0 aliphatic carbocycles. The summed E-state index contributed by atoms with van der Waals surface area (Å²) in [5.74, 6) is -0.342. The first-order valence-corrected chi connectivity index (χ1v) is 9.44. The monoisotopic (exact) mass is 390 g/mol. The molecule has 0 bridgehead atoms. The van der Waals surface area contributed by atoms with Gasteiger partial charge in [0.15, 0.2) is 5.13 Å². The number of hydrogen-bond acceptors (Lipinski definition) is 6. The molecule has 1 unspecified atom stereocenters. The number of nitrogens with zero attached hydrogens (tertiary/aromatic N) is 4. The molecule has 2 aromatic heterocycles. The Balaban J connectivity index is 1.73. The fourth-order valence-corrected chi connectivity index (χ4v) is 4.15. The van der Waals surface area contributed by atoms with E-state index >= 15 is 0 Å². The molecule has 0 saturated carbocycles. The van der Waals surface area contributed by atoms with Crippen molar-refractivity contribution in [1.29, 1.82) is 0 Å². The molecule has 1 amide bonds. The van der Waals surface area contributed by atoms with E-state index in [1.165, 1.54) is 35.3 Å². The Morgan fingerprint density at radius 1 is 1.52 bits per heavy atom. The summed E-state index contributed by atoms with van der Waals surface area (Å²) >= 11 is 1.28. The predicted octanol–water partition coefficient (Wildman–Crippen LogP) is 3.00. The zero-order chi connectivity index (χ0) is 19.0. The number of methoxy groups -OCH3 is 1. The van der Waals surface area contributed by atoms with Crippen LogP contribution in [0.2, 0.25) is 0 Å². The average Bonchev–Trinajstić information content (AvgIpc) is 3.37. The highest BCUT2D eigenvalue weighted by atomic mass is 32.1. The van der Waals surface area contributed by atoms with Crippen LogP contribution < -0.4 is 9.64 Å². The van der Waals surface area contributed by atoms with Gasteiger partial charge in [-0.2, -0.15) is 0 Å². The van der Waals surface area contributed by atoms with Gasteiger partial charge >= 0.3 is 0 Å². The van der Waals surface area contributed by atoms with Crippen molar-refractivity contribution in [1.82, 2.24) is 14.8 Å². The Kier molecular flexibility index (Phi) is 4.79. The molecule has 1 aliphatic heterocycles. The molecule has 1 fully saturated rings. The first-order chi connectivity index (χ1) is 13.0. The molecule has 1 atom stereocenters. The maximum absolute atomic E-state index is 13.6. The second-order valence-electron chi connectivity index (χ2n) is 6.38. The Morgan fingerprint density at radius 3 is 3.11 bits per heavy atom. The standard InChI is InChI=1S/C18H19FN4O3S/c1-22-10-13(16(21-22)25-2)17(24)23(9-12-4-3-7-26-12)18-20-14-6-5-11(19)8-15(14)27-18/h5-6,8,10,12H,3-4,7,9H2,1-2H3. The summed E-state index contributed by atoms with van der Waals surface area (Å²) in [6.45, 7) is 1.06. The molecule has 142 valence electrons. The van der Waals surface area contributed by atoms with Crippen molar-refractivity contribution < 1.29 is 18.7 Å². The van der Waals surface area contributed by atoms with E-state index in [4.69, 9.17) is 9.47 Å². The molecular formula is C18H19FN4O3S. The third kappa shape index (κ3) is 3.52. The molecule has 1 aromatic carbocycles. The summed E-state index contributed by atoms with van der Waals surface area (Å²) < 4.78 is 26.7. The number of carbonyl (C=O) groups excluding carboxylic acids is 1. The Hall–Kier alpha value is -2.52. The number of amides is 1. The van der Waals surface area contributed by atoms with Gasteiger partial charge in [0.05, 0.1) is 30.0 Å². The molecule has 0 N–H and O–H groups in total. The second-order valence-corrected chi connectivity index (χ2v) is 7.39. The lowest BCUT2D eigenvalue weighted by atomic mass is 10.2. The van der Waals surface area contributed by atoms with Crippen molar-refractivity contribution in [3.05, 3.63) is 35.8 Å². The maximum atomic E-state index is 13.6. The topological polar surface area (TPSA) is 69.5 Å². The average molecular weight is 390 g/mol. The molecule has 1 saturated heterocycles. The van der Waals surface area contributed by atoms with E-state index in [-0.39, 0.29) is 23.7 Å². The van der Waals surface area contributed by atoms with E-state index in [2.05, 4.69) is 10.1 Å². The fraction of sp³-hybridized carbons (Fsp3) is 0.389. The van der Waals surface area contributed by atoms with Gasteiger partial charge in [0.25, 0.3) is 5.91 Å². The quantitative estimate of drug-likeness (QED) is 0.670. The Morgan fingerprint density at radius 2 is 2.37 bits per heavy atom. The maximum Gasteiger partial charge on any atom is 0.267 e. The Bertz CT molecular complexity index is 980. The SMILES string of the molecule is COc1nn(C)cc1C(=O)N(CC1CCCO1)c1nc2ccc(F)cc2s1. The summed E-state index contributed by atoms with van der Waals surface area (Å²) in [7, 11) is 3.20. The van der Waals surface area contributed by atoms with Crippen LogP contribution in [0.4, 0.5) is 9.52 Å². The highest BCUT2D eigenvalue weighted by Gasteiger charge is 2.30. The zero-order valence-corrected chi connectivity index (χ0v) is 15.8. The molecule has 0 radical (unpaired) electrons. The number of thiazole rings is 1. The summed E-state index contributed by atoms with van der Waals surface area (Å²) in [6.07, 6.45) is 3.42. The number of anilines is 1. The van der Waals surface area contributed by atoms with Crippen LogP contribution in [0.3, 0.4) is 0 Å².